The van der Waals surface area contributed by atoms with E-state index in [1.807, 2.05) is 0 Å². The summed E-state index contributed by atoms with van der Waals surface area (Å²) in [7, 11) is 2.32. The highest BCUT2D eigenvalue weighted by molar-refractivity contribution is 6.48. The van der Waals surface area contributed by atoms with Crippen molar-refractivity contribution in [2.24, 2.45) is 0 Å². The van der Waals surface area contributed by atoms with Crippen molar-refractivity contribution < 1.29 is 4.79 Å². The molecule has 0 aromatic carbocycles. The Morgan fingerprint density at radius 1 is 1.00 bits per heavy atom. The van der Waals surface area contributed by atoms with E-state index in [1.165, 1.54) is 32.0 Å². The molecule has 1 nitrogen and oxygen atoms in total. The highest BCUT2D eigenvalue weighted by Gasteiger charge is 2.40. The fourth-order valence-electron chi connectivity index (χ4n) is 2.85. The van der Waals surface area contributed by atoms with E-state index in [1.54, 1.807) is 0 Å². The van der Waals surface area contributed by atoms with Crippen LogP contribution in [0.1, 0.15) is 51.4 Å². The van der Waals surface area contributed by atoms with Crippen LogP contribution in [0.2, 0.25) is 11.6 Å². The maximum atomic E-state index is 12.0. The predicted octanol–water partition coefficient (Wildman–Crippen LogP) is 2.98. The molecular weight excluding hydrogens is 159 g/mol. The predicted molar refractivity (Wildman–Crippen MR) is 55.2 cm³/mol. The molecule has 0 aromatic rings. The van der Waals surface area contributed by atoms with Gasteiger partial charge in [0, 0.05) is 6.42 Å². The molecule has 0 N–H and O–H groups in total. The van der Waals surface area contributed by atoms with Crippen molar-refractivity contribution in [3.8, 4) is 0 Å². The zero-order chi connectivity index (χ0) is 9.15. The number of carbonyl (C=O) groups excluding carboxylic acids is 1. The molecule has 1 saturated heterocycles. The minimum absolute atomic E-state index is 0.0421. The summed E-state index contributed by atoms with van der Waals surface area (Å²) in [6.07, 6.45) is 10.5. The maximum Gasteiger partial charge on any atom is 0.131 e. The summed E-state index contributed by atoms with van der Waals surface area (Å²) in [5.74, 6) is 0.546. The molecule has 2 fully saturated rings. The fraction of sp³-hybridized carbons (Fsp3) is 0.909. The van der Waals surface area contributed by atoms with Gasteiger partial charge in [0.25, 0.3) is 0 Å². The van der Waals surface area contributed by atoms with E-state index in [9.17, 15) is 4.79 Å². The zero-order valence-electron chi connectivity index (χ0n) is 8.35. The van der Waals surface area contributed by atoms with Crippen molar-refractivity contribution in [3.63, 3.8) is 0 Å². The summed E-state index contributed by atoms with van der Waals surface area (Å²) in [4.78, 5) is 12.0. The second-order valence-electron chi connectivity index (χ2n) is 4.59. The van der Waals surface area contributed by atoms with Crippen molar-refractivity contribution in [2.45, 2.75) is 63.0 Å². The van der Waals surface area contributed by atoms with Gasteiger partial charge in [-0.2, -0.15) is 0 Å². The minimum atomic E-state index is 0.0421. The molecule has 2 rings (SSSR count). The number of carbonyl (C=O) groups is 1. The van der Waals surface area contributed by atoms with Gasteiger partial charge < -0.3 is 0 Å². The topological polar surface area (TPSA) is 17.1 Å². The Kier molecular flexibility index (Phi) is 2.76. The average molecular weight is 177 g/mol. The first-order chi connectivity index (χ1) is 6.33. The molecule has 1 unspecified atom stereocenters. The number of hydrogen-bond donors (Lipinski definition) is 0. The Bertz CT molecular complexity index is 194. The molecule has 13 heavy (non-hydrogen) atoms. The summed E-state index contributed by atoms with van der Waals surface area (Å²) in [6.45, 7) is 0. The number of ketones is 1. The maximum absolute atomic E-state index is 12.0. The lowest BCUT2D eigenvalue weighted by Gasteiger charge is -2.29. The molecule has 2 heteroatoms. The van der Waals surface area contributed by atoms with Crippen LogP contribution in [-0.4, -0.2) is 13.1 Å². The molecule has 1 saturated carbocycles. The Balaban J connectivity index is 2.07. The van der Waals surface area contributed by atoms with E-state index in [2.05, 4.69) is 7.28 Å². The monoisotopic (exact) mass is 177 g/mol. The van der Waals surface area contributed by atoms with E-state index >= 15 is 0 Å². The van der Waals surface area contributed by atoms with Gasteiger partial charge in [-0.05, 0) is 24.6 Å². The molecule has 0 aromatic heterocycles. The van der Waals surface area contributed by atoms with Gasteiger partial charge in [0.05, 0.1) is 0 Å². The molecule has 1 radical (unpaired) electrons. The average Bonchev–Trinajstić information content (AvgIpc) is 2.58. The van der Waals surface area contributed by atoms with E-state index in [0.29, 0.717) is 5.78 Å². The van der Waals surface area contributed by atoms with Crippen molar-refractivity contribution in [2.75, 3.05) is 0 Å². The Morgan fingerprint density at radius 3 is 2.54 bits per heavy atom. The van der Waals surface area contributed by atoms with Gasteiger partial charge >= 0.3 is 0 Å². The zero-order valence-corrected chi connectivity index (χ0v) is 8.35. The van der Waals surface area contributed by atoms with E-state index in [4.69, 9.17) is 0 Å². The standard InChI is InChI=1S/C11H18BO/c13-10-6-3-1-2-4-7-11(10)8-5-9-12-11/h1-9H2. The SMILES string of the molecule is O=C1CCCCCCC12[B]CCC2. The number of rotatable bonds is 0. The van der Waals surface area contributed by atoms with E-state index in [-0.39, 0.29) is 5.31 Å². The van der Waals surface area contributed by atoms with Crippen LogP contribution < -0.4 is 0 Å². The highest BCUT2D eigenvalue weighted by atomic mass is 16.1. The molecule has 1 aliphatic carbocycles. The molecule has 1 spiro atoms. The molecule has 2 aliphatic rings. The third-order valence-electron chi connectivity index (χ3n) is 3.69. The molecule has 1 heterocycles. The molecule has 1 atom stereocenters. The van der Waals surface area contributed by atoms with Crippen LogP contribution in [0.25, 0.3) is 0 Å². The quantitative estimate of drug-likeness (QED) is 0.520. The van der Waals surface area contributed by atoms with Crippen LogP contribution in [0.4, 0.5) is 0 Å². The second kappa shape index (κ2) is 3.85. The second-order valence-corrected chi connectivity index (χ2v) is 4.59. The molecular formula is C11H18BO. The lowest BCUT2D eigenvalue weighted by Crippen LogP contribution is -2.27. The fourth-order valence-corrected chi connectivity index (χ4v) is 2.85. The van der Waals surface area contributed by atoms with Crippen LogP contribution in [0.15, 0.2) is 0 Å². The third kappa shape index (κ3) is 1.82. The lowest BCUT2D eigenvalue weighted by molar-refractivity contribution is -0.122. The van der Waals surface area contributed by atoms with Gasteiger partial charge in [0.1, 0.15) is 13.1 Å². The number of Topliss-reactive ketones (excluding diaryl/α,β-unsaturated/α-hetero) is 1. The van der Waals surface area contributed by atoms with Crippen LogP contribution in [-0.2, 0) is 4.79 Å². The van der Waals surface area contributed by atoms with Crippen LogP contribution in [0, 0.1) is 0 Å². The highest BCUT2D eigenvalue weighted by Crippen LogP contribution is 2.46. The van der Waals surface area contributed by atoms with Gasteiger partial charge in [-0.1, -0.05) is 32.0 Å². The summed E-state index contributed by atoms with van der Waals surface area (Å²) in [5.41, 5.74) is 0. The van der Waals surface area contributed by atoms with Crippen molar-refractivity contribution in [1.82, 2.24) is 0 Å². The van der Waals surface area contributed by atoms with Crippen molar-refractivity contribution >= 4 is 13.1 Å². The van der Waals surface area contributed by atoms with Crippen LogP contribution >= 0.6 is 0 Å². The summed E-state index contributed by atoms with van der Waals surface area (Å²) in [5, 5.41) is 0.0421. The van der Waals surface area contributed by atoms with Gasteiger partial charge in [-0.15, -0.1) is 0 Å². The first-order valence-corrected chi connectivity index (χ1v) is 5.71. The first kappa shape index (κ1) is 9.30. The van der Waals surface area contributed by atoms with Crippen LogP contribution in [0.3, 0.4) is 0 Å². The van der Waals surface area contributed by atoms with Crippen molar-refractivity contribution in [1.29, 1.82) is 0 Å². The largest absolute Gasteiger partial charge is 0.300 e. The Labute approximate surface area is 81.5 Å². The normalized spacial score (nSPS) is 35.5. The minimum Gasteiger partial charge on any atom is -0.300 e. The smallest absolute Gasteiger partial charge is 0.131 e. The molecule has 71 valence electrons. The lowest BCUT2D eigenvalue weighted by atomic mass is 9.50. The first-order valence-electron chi connectivity index (χ1n) is 5.71. The van der Waals surface area contributed by atoms with Gasteiger partial charge in [0.15, 0.2) is 0 Å². The van der Waals surface area contributed by atoms with E-state index in [0.717, 1.165) is 25.7 Å². The summed E-state index contributed by atoms with van der Waals surface area (Å²) >= 11 is 0. The third-order valence-corrected chi connectivity index (χ3v) is 3.69. The summed E-state index contributed by atoms with van der Waals surface area (Å²) in [6, 6.07) is 0. The van der Waals surface area contributed by atoms with E-state index < -0.39 is 0 Å². The van der Waals surface area contributed by atoms with Gasteiger partial charge in [0.2, 0.25) is 0 Å². The Morgan fingerprint density at radius 2 is 1.77 bits per heavy atom. The van der Waals surface area contributed by atoms with Crippen LogP contribution in [0.5, 0.6) is 0 Å². The van der Waals surface area contributed by atoms with Crippen molar-refractivity contribution in [3.05, 3.63) is 0 Å². The van der Waals surface area contributed by atoms with Gasteiger partial charge in [-0.25, -0.2) is 0 Å². The molecule has 1 aliphatic heterocycles. The molecule has 0 amide bonds. The Hall–Kier alpha value is -0.265. The number of hydrogen-bond acceptors (Lipinski definition) is 1. The molecule has 0 bridgehead atoms. The summed E-state index contributed by atoms with van der Waals surface area (Å²) < 4.78 is 0. The van der Waals surface area contributed by atoms with Gasteiger partial charge in [-0.3, -0.25) is 4.79 Å².